The quantitative estimate of drug-likeness (QED) is 0.787. The highest BCUT2D eigenvalue weighted by molar-refractivity contribution is 5.90. The third kappa shape index (κ3) is 7.15. The minimum Gasteiger partial charge on any atom is -0.465 e. The van der Waals surface area contributed by atoms with E-state index in [-0.39, 0.29) is 12.0 Å². The molecule has 0 radical (unpaired) electrons. The van der Waals surface area contributed by atoms with Crippen molar-refractivity contribution in [2.45, 2.75) is 45.9 Å². The van der Waals surface area contributed by atoms with Gasteiger partial charge in [-0.3, -0.25) is 0 Å². The smallest absolute Gasteiger partial charge is 0.407 e. The molecule has 1 rings (SSSR count). The van der Waals surface area contributed by atoms with E-state index in [1.165, 1.54) is 7.11 Å². The second kappa shape index (κ2) is 8.53. The van der Waals surface area contributed by atoms with Crippen molar-refractivity contribution in [2.24, 2.45) is 0 Å². The Morgan fingerprint density at radius 3 is 2.48 bits per heavy atom. The highest BCUT2D eigenvalue weighted by atomic mass is 16.6. The zero-order valence-electron chi connectivity index (χ0n) is 14.4. The second-order valence-electron chi connectivity index (χ2n) is 6.33. The Morgan fingerprint density at radius 1 is 1.22 bits per heavy atom. The topological polar surface area (TPSA) is 76.7 Å². The van der Waals surface area contributed by atoms with Gasteiger partial charge in [-0.2, -0.15) is 0 Å². The van der Waals surface area contributed by atoms with Gasteiger partial charge in [-0.05, 0) is 39.3 Å². The van der Waals surface area contributed by atoms with Crippen LogP contribution in [0.25, 0.3) is 0 Å². The van der Waals surface area contributed by atoms with Crippen molar-refractivity contribution in [1.82, 2.24) is 10.6 Å². The molecule has 0 bridgehead atoms. The highest BCUT2D eigenvalue weighted by Gasteiger charge is 2.17. The third-order valence-corrected chi connectivity index (χ3v) is 2.95. The van der Waals surface area contributed by atoms with E-state index in [0.29, 0.717) is 18.7 Å². The largest absolute Gasteiger partial charge is 0.465 e. The summed E-state index contributed by atoms with van der Waals surface area (Å²) in [6.45, 7) is 8.39. The molecule has 0 aliphatic carbocycles. The molecular formula is C17H26N2O4. The lowest BCUT2D eigenvalue weighted by atomic mass is 10.1. The van der Waals surface area contributed by atoms with Crippen molar-refractivity contribution in [3.05, 3.63) is 35.4 Å². The van der Waals surface area contributed by atoms with Crippen LogP contribution < -0.4 is 10.6 Å². The van der Waals surface area contributed by atoms with E-state index in [2.05, 4.69) is 10.6 Å². The average Bonchev–Trinajstić information content (AvgIpc) is 2.44. The number of esters is 1. The Kier molecular flexibility index (Phi) is 7.03. The van der Waals surface area contributed by atoms with Crippen LogP contribution in [-0.2, 0) is 16.0 Å². The maximum Gasteiger partial charge on any atom is 0.407 e. The molecule has 2 N–H and O–H groups in total. The molecule has 1 amide bonds. The fourth-order valence-corrected chi connectivity index (χ4v) is 1.97. The maximum absolute atomic E-state index is 11.7. The molecule has 1 aromatic carbocycles. The summed E-state index contributed by atoms with van der Waals surface area (Å²) in [5.41, 5.74) is 0.871. The molecule has 1 unspecified atom stereocenters. The van der Waals surface area contributed by atoms with E-state index in [4.69, 9.17) is 9.47 Å². The molecule has 0 saturated carbocycles. The molecule has 128 valence electrons. The van der Waals surface area contributed by atoms with Crippen LogP contribution in [0.15, 0.2) is 24.3 Å². The van der Waals surface area contributed by atoms with Crippen molar-refractivity contribution in [1.29, 1.82) is 0 Å². The van der Waals surface area contributed by atoms with Gasteiger partial charge in [0.1, 0.15) is 5.60 Å². The van der Waals surface area contributed by atoms with Crippen LogP contribution >= 0.6 is 0 Å². The molecular weight excluding hydrogens is 296 g/mol. The standard InChI is InChI=1S/C17H26N2O4/c1-12(19-16(21)23-17(2,3)4)10-18-11-13-8-6-7-9-14(13)15(20)22-5/h6-9,12,18H,10-11H2,1-5H3,(H,19,21). The SMILES string of the molecule is COC(=O)c1ccccc1CNCC(C)NC(=O)OC(C)(C)C. The number of amides is 1. The van der Waals surface area contributed by atoms with Crippen LogP contribution in [0.3, 0.4) is 0 Å². The first-order valence-corrected chi connectivity index (χ1v) is 7.59. The van der Waals surface area contributed by atoms with Crippen LogP contribution in [0.2, 0.25) is 0 Å². The number of carbonyl (C=O) groups is 2. The summed E-state index contributed by atoms with van der Waals surface area (Å²) in [7, 11) is 1.36. The monoisotopic (exact) mass is 322 g/mol. The molecule has 0 saturated heterocycles. The number of rotatable bonds is 6. The van der Waals surface area contributed by atoms with Crippen molar-refractivity contribution < 1.29 is 19.1 Å². The predicted octanol–water partition coefficient (Wildman–Crippen LogP) is 2.48. The first kappa shape index (κ1) is 19.0. The van der Waals surface area contributed by atoms with Crippen molar-refractivity contribution in [3.8, 4) is 0 Å². The van der Waals surface area contributed by atoms with E-state index in [1.54, 1.807) is 12.1 Å². The Morgan fingerprint density at radius 2 is 1.87 bits per heavy atom. The Hall–Kier alpha value is -2.08. The molecule has 0 fully saturated rings. The number of hydrogen-bond acceptors (Lipinski definition) is 5. The maximum atomic E-state index is 11.7. The van der Waals surface area contributed by atoms with E-state index in [1.807, 2.05) is 39.8 Å². The number of carbonyl (C=O) groups excluding carboxylic acids is 2. The van der Waals surface area contributed by atoms with Gasteiger partial charge in [0.15, 0.2) is 0 Å². The van der Waals surface area contributed by atoms with Gasteiger partial charge in [0.2, 0.25) is 0 Å². The first-order valence-electron chi connectivity index (χ1n) is 7.59. The number of methoxy groups -OCH3 is 1. The van der Waals surface area contributed by atoms with Crippen LogP contribution in [0.1, 0.15) is 43.6 Å². The Balaban J connectivity index is 2.45. The van der Waals surface area contributed by atoms with Crippen molar-refractivity contribution in [3.63, 3.8) is 0 Å². The number of hydrogen-bond donors (Lipinski definition) is 2. The fraction of sp³-hybridized carbons (Fsp3) is 0.529. The minimum absolute atomic E-state index is 0.102. The lowest BCUT2D eigenvalue weighted by Crippen LogP contribution is -2.42. The second-order valence-corrected chi connectivity index (χ2v) is 6.33. The summed E-state index contributed by atoms with van der Waals surface area (Å²) in [5.74, 6) is -0.359. The van der Waals surface area contributed by atoms with Gasteiger partial charge in [0.25, 0.3) is 0 Å². The number of ether oxygens (including phenoxy) is 2. The van der Waals surface area contributed by atoms with E-state index in [9.17, 15) is 9.59 Å². The molecule has 0 aliphatic heterocycles. The summed E-state index contributed by atoms with van der Waals surface area (Å²) in [6, 6.07) is 7.15. The van der Waals surface area contributed by atoms with Gasteiger partial charge in [0, 0.05) is 19.1 Å². The van der Waals surface area contributed by atoms with Crippen LogP contribution in [0.5, 0.6) is 0 Å². The zero-order chi connectivity index (χ0) is 17.5. The normalized spacial score (nSPS) is 12.4. The zero-order valence-corrected chi connectivity index (χ0v) is 14.4. The minimum atomic E-state index is -0.517. The van der Waals surface area contributed by atoms with Gasteiger partial charge >= 0.3 is 12.1 Å². The lowest BCUT2D eigenvalue weighted by molar-refractivity contribution is 0.0507. The highest BCUT2D eigenvalue weighted by Crippen LogP contribution is 2.10. The number of nitrogens with one attached hydrogen (secondary N) is 2. The average molecular weight is 322 g/mol. The van der Waals surface area contributed by atoms with Crippen LogP contribution in [0.4, 0.5) is 4.79 Å². The van der Waals surface area contributed by atoms with E-state index < -0.39 is 11.7 Å². The Bertz CT molecular complexity index is 538. The van der Waals surface area contributed by atoms with Gasteiger partial charge in [-0.1, -0.05) is 18.2 Å². The molecule has 6 heteroatoms. The Labute approximate surface area is 137 Å². The van der Waals surface area contributed by atoms with Crippen LogP contribution in [-0.4, -0.2) is 37.4 Å². The first-order chi connectivity index (χ1) is 10.7. The predicted molar refractivity (Wildman–Crippen MR) is 88.3 cm³/mol. The molecule has 6 nitrogen and oxygen atoms in total. The number of alkyl carbamates (subject to hydrolysis) is 1. The molecule has 0 spiro atoms. The van der Waals surface area contributed by atoms with Gasteiger partial charge < -0.3 is 20.1 Å². The van der Waals surface area contributed by atoms with Crippen LogP contribution in [0, 0.1) is 0 Å². The number of benzene rings is 1. The summed E-state index contributed by atoms with van der Waals surface area (Å²) in [4.78, 5) is 23.3. The fourth-order valence-electron chi connectivity index (χ4n) is 1.97. The summed E-state index contributed by atoms with van der Waals surface area (Å²) in [6.07, 6.45) is -0.443. The van der Waals surface area contributed by atoms with Crippen molar-refractivity contribution in [2.75, 3.05) is 13.7 Å². The molecule has 0 heterocycles. The summed E-state index contributed by atoms with van der Waals surface area (Å²) in [5, 5.41) is 5.97. The molecule has 1 aromatic rings. The molecule has 23 heavy (non-hydrogen) atoms. The summed E-state index contributed by atoms with van der Waals surface area (Å²) < 4.78 is 9.96. The van der Waals surface area contributed by atoms with E-state index >= 15 is 0 Å². The molecule has 0 aliphatic rings. The lowest BCUT2D eigenvalue weighted by Gasteiger charge is -2.22. The van der Waals surface area contributed by atoms with Gasteiger partial charge in [-0.15, -0.1) is 0 Å². The molecule has 0 aromatic heterocycles. The van der Waals surface area contributed by atoms with Gasteiger partial charge in [-0.25, -0.2) is 9.59 Å². The van der Waals surface area contributed by atoms with Gasteiger partial charge in [0.05, 0.1) is 12.7 Å². The molecule has 1 atom stereocenters. The summed E-state index contributed by atoms with van der Waals surface area (Å²) >= 11 is 0. The van der Waals surface area contributed by atoms with Crippen molar-refractivity contribution >= 4 is 12.1 Å². The van der Waals surface area contributed by atoms with E-state index in [0.717, 1.165) is 5.56 Å². The third-order valence-electron chi connectivity index (χ3n) is 2.95.